The molecule has 0 spiro atoms. The molecule has 0 bridgehead atoms. The lowest BCUT2D eigenvalue weighted by Crippen LogP contribution is -2.44. The van der Waals surface area contributed by atoms with Crippen molar-refractivity contribution in [2.75, 3.05) is 26.3 Å². The van der Waals surface area contributed by atoms with Crippen LogP contribution in [0.15, 0.2) is 23.1 Å². The number of aliphatic carboxylic acids is 1. The van der Waals surface area contributed by atoms with Crippen molar-refractivity contribution in [2.24, 2.45) is 5.92 Å². The number of sulfonamides is 1. The van der Waals surface area contributed by atoms with Gasteiger partial charge in [-0.2, -0.15) is 4.31 Å². The first-order chi connectivity index (χ1) is 12.7. The number of amides is 1. The number of morpholine rings is 1. The van der Waals surface area contributed by atoms with Crippen LogP contribution in [-0.4, -0.2) is 62.1 Å². The van der Waals surface area contributed by atoms with Crippen molar-refractivity contribution >= 4 is 21.9 Å². The highest BCUT2D eigenvalue weighted by atomic mass is 32.2. The van der Waals surface area contributed by atoms with Gasteiger partial charge in [0.1, 0.15) is 6.04 Å². The van der Waals surface area contributed by atoms with Gasteiger partial charge < -0.3 is 15.2 Å². The van der Waals surface area contributed by atoms with E-state index >= 15 is 0 Å². The third-order valence-electron chi connectivity index (χ3n) is 4.52. The first kappa shape index (κ1) is 21.3. The van der Waals surface area contributed by atoms with Crippen LogP contribution in [0.3, 0.4) is 0 Å². The molecule has 0 aromatic heterocycles. The molecule has 1 atom stereocenters. The van der Waals surface area contributed by atoms with E-state index in [1.165, 1.54) is 16.4 Å². The number of nitrogens with one attached hydrogen (secondary N) is 1. The molecule has 0 aliphatic carbocycles. The van der Waals surface area contributed by atoms with Crippen molar-refractivity contribution in [2.45, 2.75) is 38.1 Å². The Morgan fingerprint density at radius 3 is 2.41 bits per heavy atom. The molecule has 9 heteroatoms. The van der Waals surface area contributed by atoms with Crippen molar-refractivity contribution in [1.29, 1.82) is 0 Å². The highest BCUT2D eigenvalue weighted by molar-refractivity contribution is 7.89. The van der Waals surface area contributed by atoms with Gasteiger partial charge in [-0.3, -0.25) is 4.79 Å². The molecule has 1 saturated heterocycles. The summed E-state index contributed by atoms with van der Waals surface area (Å²) in [4.78, 5) is 23.9. The van der Waals surface area contributed by atoms with Gasteiger partial charge >= 0.3 is 5.97 Å². The SMILES string of the molecule is CCc1ccc(C(=O)N[C@@H](C(=O)O)C(C)C)cc1S(=O)(=O)N1CCOCC1. The summed E-state index contributed by atoms with van der Waals surface area (Å²) in [6.45, 7) is 6.39. The molecule has 1 aliphatic rings. The van der Waals surface area contributed by atoms with Crippen molar-refractivity contribution < 1.29 is 27.9 Å². The van der Waals surface area contributed by atoms with Crippen LogP contribution in [0.5, 0.6) is 0 Å². The quantitative estimate of drug-likeness (QED) is 0.711. The number of carbonyl (C=O) groups excluding carboxylic acids is 1. The molecule has 2 N–H and O–H groups in total. The van der Waals surface area contributed by atoms with Crippen LogP contribution in [0.1, 0.15) is 36.7 Å². The zero-order chi connectivity index (χ0) is 20.2. The molecule has 8 nitrogen and oxygen atoms in total. The second-order valence-electron chi connectivity index (χ2n) is 6.73. The highest BCUT2D eigenvalue weighted by Crippen LogP contribution is 2.23. The molecule has 1 amide bonds. The zero-order valence-corrected chi connectivity index (χ0v) is 16.6. The molecule has 1 aliphatic heterocycles. The van der Waals surface area contributed by atoms with E-state index in [1.54, 1.807) is 19.9 Å². The number of benzene rings is 1. The van der Waals surface area contributed by atoms with E-state index in [1.807, 2.05) is 6.92 Å². The number of carbonyl (C=O) groups is 2. The molecule has 1 fully saturated rings. The summed E-state index contributed by atoms with van der Waals surface area (Å²) in [5.74, 6) is -2.06. The highest BCUT2D eigenvalue weighted by Gasteiger charge is 2.30. The summed E-state index contributed by atoms with van der Waals surface area (Å²) in [6, 6.07) is 3.40. The average Bonchev–Trinajstić information content (AvgIpc) is 2.65. The van der Waals surface area contributed by atoms with Gasteiger partial charge in [-0.1, -0.05) is 26.8 Å². The number of hydrogen-bond acceptors (Lipinski definition) is 5. The molecular weight excluding hydrogens is 372 g/mol. The van der Waals surface area contributed by atoms with Crippen LogP contribution in [0.25, 0.3) is 0 Å². The third-order valence-corrected chi connectivity index (χ3v) is 6.50. The van der Waals surface area contributed by atoms with Crippen molar-refractivity contribution in [1.82, 2.24) is 9.62 Å². The van der Waals surface area contributed by atoms with Crippen molar-refractivity contribution in [3.05, 3.63) is 29.3 Å². The Kier molecular flexibility index (Phi) is 6.96. The molecular formula is C18H26N2O6S. The molecule has 27 heavy (non-hydrogen) atoms. The fourth-order valence-corrected chi connectivity index (χ4v) is 4.62. The van der Waals surface area contributed by atoms with Gasteiger partial charge in [-0.15, -0.1) is 0 Å². The summed E-state index contributed by atoms with van der Waals surface area (Å²) in [5.41, 5.74) is 0.725. The fourth-order valence-electron chi connectivity index (χ4n) is 2.89. The topological polar surface area (TPSA) is 113 Å². The summed E-state index contributed by atoms with van der Waals surface area (Å²) in [6.07, 6.45) is 0.491. The van der Waals surface area contributed by atoms with Gasteiger partial charge in [0.05, 0.1) is 18.1 Å². The van der Waals surface area contributed by atoms with E-state index in [-0.39, 0.29) is 29.5 Å². The fraction of sp³-hybridized carbons (Fsp3) is 0.556. The Labute approximate surface area is 159 Å². The predicted molar refractivity (Wildman–Crippen MR) is 99.1 cm³/mol. The summed E-state index contributed by atoms with van der Waals surface area (Å²) >= 11 is 0. The number of rotatable bonds is 7. The van der Waals surface area contributed by atoms with Gasteiger partial charge in [-0.05, 0) is 30.0 Å². The van der Waals surface area contributed by atoms with E-state index in [0.29, 0.717) is 25.2 Å². The van der Waals surface area contributed by atoms with Crippen molar-refractivity contribution in [3.8, 4) is 0 Å². The Bertz CT molecular complexity index is 800. The van der Waals surface area contributed by atoms with Gasteiger partial charge in [0, 0.05) is 18.7 Å². The largest absolute Gasteiger partial charge is 0.480 e. The molecule has 2 rings (SSSR count). The number of ether oxygens (including phenoxy) is 1. The van der Waals surface area contributed by atoms with Crippen LogP contribution in [0.2, 0.25) is 0 Å². The lowest BCUT2D eigenvalue weighted by atomic mass is 10.0. The van der Waals surface area contributed by atoms with Gasteiger partial charge in [-0.25, -0.2) is 13.2 Å². The lowest BCUT2D eigenvalue weighted by Gasteiger charge is -2.27. The van der Waals surface area contributed by atoms with Gasteiger partial charge in [0.2, 0.25) is 10.0 Å². The standard InChI is InChI=1S/C18H26N2O6S/c1-4-13-5-6-14(17(21)19-16(12(2)3)18(22)23)11-15(13)27(24,25)20-7-9-26-10-8-20/h5-6,11-12,16H,4,7-10H2,1-3H3,(H,19,21)(H,22,23)/t16-/m1/s1. The Morgan fingerprint density at radius 1 is 1.26 bits per heavy atom. The van der Waals surface area contributed by atoms with Gasteiger partial charge in [0.25, 0.3) is 5.91 Å². The maximum absolute atomic E-state index is 13.0. The number of aryl methyl sites for hydroxylation is 1. The molecule has 0 radical (unpaired) electrons. The Balaban J connectivity index is 2.37. The van der Waals surface area contributed by atoms with E-state index in [0.717, 1.165) is 0 Å². The molecule has 150 valence electrons. The van der Waals surface area contributed by atoms with Gasteiger partial charge in [0.15, 0.2) is 0 Å². The number of carboxylic acid groups (broad SMARTS) is 1. The van der Waals surface area contributed by atoms with E-state index in [2.05, 4.69) is 5.32 Å². The monoisotopic (exact) mass is 398 g/mol. The van der Waals surface area contributed by atoms with E-state index in [4.69, 9.17) is 4.74 Å². The summed E-state index contributed by atoms with van der Waals surface area (Å²) in [7, 11) is -3.76. The van der Waals surface area contributed by atoms with Crippen LogP contribution >= 0.6 is 0 Å². The van der Waals surface area contributed by atoms with E-state index < -0.39 is 27.9 Å². The summed E-state index contributed by atoms with van der Waals surface area (Å²) < 4.78 is 32.6. The Morgan fingerprint density at radius 2 is 1.89 bits per heavy atom. The van der Waals surface area contributed by atoms with Crippen LogP contribution in [-0.2, 0) is 26.0 Å². The zero-order valence-electron chi connectivity index (χ0n) is 15.8. The number of hydrogen-bond donors (Lipinski definition) is 2. The first-order valence-corrected chi connectivity index (χ1v) is 10.4. The Hall–Kier alpha value is -1.97. The maximum atomic E-state index is 13.0. The molecule has 1 heterocycles. The molecule has 1 aromatic carbocycles. The normalized spacial score (nSPS) is 16.9. The number of nitrogens with zero attached hydrogens (tertiary/aromatic N) is 1. The van der Waals surface area contributed by atoms with E-state index in [9.17, 15) is 23.1 Å². The molecule has 0 unspecified atom stereocenters. The van der Waals surface area contributed by atoms with Crippen LogP contribution in [0, 0.1) is 5.92 Å². The predicted octanol–water partition coefficient (Wildman–Crippen LogP) is 1.11. The molecule has 0 saturated carbocycles. The van der Waals surface area contributed by atoms with Crippen molar-refractivity contribution in [3.63, 3.8) is 0 Å². The third kappa shape index (κ3) is 4.85. The smallest absolute Gasteiger partial charge is 0.326 e. The second kappa shape index (κ2) is 8.81. The van der Waals surface area contributed by atoms with Crippen LogP contribution in [0.4, 0.5) is 0 Å². The lowest BCUT2D eigenvalue weighted by molar-refractivity contribution is -0.140. The second-order valence-corrected chi connectivity index (χ2v) is 8.63. The summed E-state index contributed by atoms with van der Waals surface area (Å²) in [5, 5.41) is 11.7. The van der Waals surface area contributed by atoms with Crippen LogP contribution < -0.4 is 5.32 Å². The first-order valence-electron chi connectivity index (χ1n) is 8.93. The maximum Gasteiger partial charge on any atom is 0.326 e. The minimum Gasteiger partial charge on any atom is -0.480 e. The number of carboxylic acids is 1. The minimum absolute atomic E-state index is 0.0796. The minimum atomic E-state index is -3.76. The molecule has 1 aromatic rings. The average molecular weight is 398 g/mol.